The Kier molecular flexibility index (Phi) is 1.13. The molecular formula is C14H11N. The lowest BCUT2D eigenvalue weighted by atomic mass is 10.1. The Hall–Kier alpha value is -2.02. The summed E-state index contributed by atoms with van der Waals surface area (Å²) in [6.07, 6.45) is 3.58. The molecule has 1 aliphatic rings. The first-order valence-electron chi connectivity index (χ1n) is 6.74. The van der Waals surface area contributed by atoms with Crippen molar-refractivity contribution in [3.63, 3.8) is 0 Å². The van der Waals surface area contributed by atoms with Crippen LogP contribution < -0.4 is 5.32 Å². The molecule has 0 radical (unpaired) electrons. The van der Waals surface area contributed by atoms with E-state index in [9.17, 15) is 0 Å². The van der Waals surface area contributed by atoms with E-state index in [1.165, 1.54) is 0 Å². The fourth-order valence-corrected chi connectivity index (χ4v) is 1.61. The molecule has 0 bridgehead atoms. The van der Waals surface area contributed by atoms with Gasteiger partial charge in [0, 0.05) is 11.4 Å². The molecule has 0 amide bonds. The lowest BCUT2D eigenvalue weighted by Gasteiger charge is -2.08. The molecule has 3 rings (SSSR count). The summed E-state index contributed by atoms with van der Waals surface area (Å²) in [5.41, 5.74) is 2.70. The zero-order valence-electron chi connectivity index (χ0n) is 12.0. The normalized spacial score (nSPS) is 16.0. The Morgan fingerprint density at radius 3 is 2.67 bits per heavy atom. The van der Waals surface area contributed by atoms with Crippen LogP contribution in [0.3, 0.4) is 0 Å². The Balaban J connectivity index is 2.31. The molecular weight excluding hydrogens is 182 g/mol. The number of benzene rings is 2. The number of hydrogen-bond acceptors (Lipinski definition) is 1. The second-order valence-electron chi connectivity index (χ2n) is 3.33. The molecule has 1 heteroatoms. The number of fused-ring (bicyclic) bond motifs is 2. The second kappa shape index (κ2) is 3.28. The van der Waals surface area contributed by atoms with Crippen molar-refractivity contribution in [3.05, 3.63) is 59.6 Å². The van der Waals surface area contributed by atoms with E-state index in [2.05, 4.69) is 5.32 Å². The van der Waals surface area contributed by atoms with Crippen molar-refractivity contribution in [2.24, 2.45) is 0 Å². The van der Waals surface area contributed by atoms with Crippen molar-refractivity contribution >= 4 is 23.5 Å². The van der Waals surface area contributed by atoms with E-state index < -0.39 is 0 Å². The summed E-state index contributed by atoms with van der Waals surface area (Å²) in [6.45, 7) is 0. The standard InChI is InChI=1S/C14H11N/c1-3-7-13-11(5-1)9-10-12-6-2-4-8-14(12)15-13/h1-10,15H/i1D,3D,5D,7D. The van der Waals surface area contributed by atoms with E-state index in [1.807, 2.05) is 30.3 Å². The molecule has 0 fully saturated rings. The molecule has 72 valence electrons. The van der Waals surface area contributed by atoms with Gasteiger partial charge < -0.3 is 5.32 Å². The van der Waals surface area contributed by atoms with Crippen molar-refractivity contribution in [3.8, 4) is 0 Å². The van der Waals surface area contributed by atoms with Crippen molar-refractivity contribution in [2.45, 2.75) is 0 Å². The minimum atomic E-state index is -0.218. The maximum absolute atomic E-state index is 7.96. The second-order valence-corrected chi connectivity index (χ2v) is 3.33. The average Bonchev–Trinajstić information content (AvgIpc) is 2.62. The molecule has 0 atom stereocenters. The van der Waals surface area contributed by atoms with Crippen molar-refractivity contribution < 1.29 is 5.48 Å². The molecule has 0 spiro atoms. The lowest BCUT2D eigenvalue weighted by Crippen LogP contribution is -1.92. The SMILES string of the molecule is [2H]c1c([2H])c([2H])c2c(c1[2H])C=Cc1ccccc1N2. The largest absolute Gasteiger partial charge is 0.355 e. The third kappa shape index (κ3) is 1.42. The smallest absolute Gasteiger partial charge is 0.0645 e. The van der Waals surface area contributed by atoms with Gasteiger partial charge in [0.2, 0.25) is 0 Å². The number of anilines is 2. The van der Waals surface area contributed by atoms with Gasteiger partial charge in [-0.1, -0.05) is 48.5 Å². The van der Waals surface area contributed by atoms with Crippen molar-refractivity contribution in [2.75, 3.05) is 5.32 Å². The highest BCUT2D eigenvalue weighted by molar-refractivity contribution is 5.87. The lowest BCUT2D eigenvalue weighted by molar-refractivity contribution is 1.53. The van der Waals surface area contributed by atoms with Crippen LogP contribution in [0.15, 0.2) is 48.4 Å². The van der Waals surface area contributed by atoms with E-state index in [1.54, 1.807) is 6.08 Å². The van der Waals surface area contributed by atoms with E-state index >= 15 is 0 Å². The molecule has 2 aromatic carbocycles. The topological polar surface area (TPSA) is 12.0 Å². The maximum Gasteiger partial charge on any atom is 0.0645 e. The van der Waals surface area contributed by atoms with Crippen LogP contribution in [-0.2, 0) is 0 Å². The van der Waals surface area contributed by atoms with Crippen LogP contribution in [0, 0.1) is 0 Å². The van der Waals surface area contributed by atoms with Gasteiger partial charge in [0.05, 0.1) is 5.48 Å². The van der Waals surface area contributed by atoms with Crippen LogP contribution in [0.1, 0.15) is 16.6 Å². The van der Waals surface area contributed by atoms with Gasteiger partial charge in [-0.25, -0.2) is 0 Å². The highest BCUT2D eigenvalue weighted by Gasteiger charge is 2.05. The first kappa shape index (κ1) is 5.17. The van der Waals surface area contributed by atoms with Gasteiger partial charge in [-0.2, -0.15) is 0 Å². The van der Waals surface area contributed by atoms with Crippen LogP contribution in [-0.4, -0.2) is 0 Å². The summed E-state index contributed by atoms with van der Waals surface area (Å²) in [5, 5.41) is 3.11. The van der Waals surface area contributed by atoms with Crippen LogP contribution >= 0.6 is 0 Å². The van der Waals surface area contributed by atoms with Gasteiger partial charge in [-0.3, -0.25) is 0 Å². The van der Waals surface area contributed by atoms with Gasteiger partial charge >= 0.3 is 0 Å². The molecule has 0 saturated heterocycles. The Labute approximate surface area is 94.7 Å². The predicted molar refractivity (Wildman–Crippen MR) is 65.1 cm³/mol. The summed E-state index contributed by atoms with van der Waals surface area (Å²) in [5.74, 6) is 0. The molecule has 15 heavy (non-hydrogen) atoms. The maximum atomic E-state index is 7.96. The van der Waals surface area contributed by atoms with E-state index in [4.69, 9.17) is 5.48 Å². The quantitative estimate of drug-likeness (QED) is 0.576. The summed E-state index contributed by atoms with van der Waals surface area (Å²) in [7, 11) is 0. The summed E-state index contributed by atoms with van der Waals surface area (Å²) in [6, 6.07) is 7.12. The highest BCUT2D eigenvalue weighted by Crippen LogP contribution is 2.29. The zero-order valence-corrected chi connectivity index (χ0v) is 7.96. The van der Waals surface area contributed by atoms with Gasteiger partial charge in [0.1, 0.15) is 0 Å². The Bertz CT molecular complexity index is 707. The third-order valence-corrected chi connectivity index (χ3v) is 2.37. The molecule has 1 aliphatic heterocycles. The Morgan fingerprint density at radius 2 is 1.67 bits per heavy atom. The fourth-order valence-electron chi connectivity index (χ4n) is 1.61. The average molecular weight is 197 g/mol. The third-order valence-electron chi connectivity index (χ3n) is 2.37. The Morgan fingerprint density at radius 1 is 0.867 bits per heavy atom. The molecule has 2 aromatic rings. The minimum Gasteiger partial charge on any atom is -0.355 e. The number of rotatable bonds is 0. The number of hydrogen-bond donors (Lipinski definition) is 1. The van der Waals surface area contributed by atoms with Crippen LogP contribution in [0.25, 0.3) is 12.2 Å². The molecule has 1 N–H and O–H groups in total. The van der Waals surface area contributed by atoms with E-state index in [0.717, 1.165) is 11.3 Å². The van der Waals surface area contributed by atoms with Gasteiger partial charge in [0.15, 0.2) is 0 Å². The molecule has 1 nitrogen and oxygen atoms in total. The first-order valence-corrected chi connectivity index (χ1v) is 4.74. The molecule has 0 aliphatic carbocycles. The monoisotopic (exact) mass is 197 g/mol. The number of nitrogens with one attached hydrogen (secondary N) is 1. The molecule has 0 saturated carbocycles. The summed E-state index contributed by atoms with van der Waals surface area (Å²) >= 11 is 0. The predicted octanol–water partition coefficient (Wildman–Crippen LogP) is 3.91. The number of para-hydroxylation sites is 2. The molecule has 0 unspecified atom stereocenters. The fraction of sp³-hybridized carbons (Fsp3) is 0. The summed E-state index contributed by atoms with van der Waals surface area (Å²) < 4.78 is 31.3. The van der Waals surface area contributed by atoms with Gasteiger partial charge in [-0.05, 0) is 23.2 Å². The van der Waals surface area contributed by atoms with Crippen molar-refractivity contribution in [1.29, 1.82) is 0 Å². The van der Waals surface area contributed by atoms with Gasteiger partial charge in [-0.15, -0.1) is 0 Å². The zero-order chi connectivity index (χ0) is 13.6. The summed E-state index contributed by atoms with van der Waals surface area (Å²) in [4.78, 5) is 0. The molecule has 1 heterocycles. The van der Waals surface area contributed by atoms with Crippen molar-refractivity contribution in [1.82, 2.24) is 0 Å². The van der Waals surface area contributed by atoms with Gasteiger partial charge in [0.25, 0.3) is 0 Å². The first-order chi connectivity index (χ1) is 9.09. The van der Waals surface area contributed by atoms with Crippen LogP contribution in [0.2, 0.25) is 0 Å². The highest BCUT2D eigenvalue weighted by atomic mass is 14.9. The van der Waals surface area contributed by atoms with E-state index in [0.29, 0.717) is 11.3 Å². The van der Waals surface area contributed by atoms with E-state index in [-0.39, 0.29) is 24.2 Å². The minimum absolute atomic E-state index is 0.0208. The van der Waals surface area contributed by atoms with Crippen LogP contribution in [0.4, 0.5) is 11.4 Å². The molecule has 0 aromatic heterocycles. The van der Waals surface area contributed by atoms with Crippen LogP contribution in [0.5, 0.6) is 0 Å².